The van der Waals surface area contributed by atoms with Crippen LogP contribution < -0.4 is 0 Å². The number of carbonyl (C=O) groups excluding carboxylic acids is 1. The first-order chi connectivity index (χ1) is 11.2. The maximum absolute atomic E-state index is 12.6. The topological polar surface area (TPSA) is 79.2 Å². The smallest absolute Gasteiger partial charge is 0.274 e. The summed E-state index contributed by atoms with van der Waals surface area (Å²) < 4.78 is 1.67. The zero-order chi connectivity index (χ0) is 15.8. The predicted molar refractivity (Wildman–Crippen MR) is 84.5 cm³/mol. The van der Waals surface area contributed by atoms with E-state index in [1.54, 1.807) is 23.0 Å². The Morgan fingerprint density at radius 3 is 2.83 bits per heavy atom. The van der Waals surface area contributed by atoms with Crippen molar-refractivity contribution in [3.63, 3.8) is 0 Å². The Balaban J connectivity index is 1.48. The van der Waals surface area contributed by atoms with Gasteiger partial charge in [0.15, 0.2) is 0 Å². The molecule has 4 rings (SSSR count). The van der Waals surface area contributed by atoms with Crippen LogP contribution in [0.5, 0.6) is 0 Å². The van der Waals surface area contributed by atoms with Gasteiger partial charge in [0.05, 0.1) is 11.2 Å². The normalized spacial score (nSPS) is 16.1. The van der Waals surface area contributed by atoms with Crippen LogP contribution in [-0.4, -0.2) is 48.2 Å². The molecule has 7 nitrogen and oxygen atoms in total. The van der Waals surface area contributed by atoms with Gasteiger partial charge < -0.3 is 9.88 Å². The summed E-state index contributed by atoms with van der Waals surface area (Å²) in [7, 11) is 0. The van der Waals surface area contributed by atoms with Gasteiger partial charge in [-0.1, -0.05) is 11.6 Å². The number of rotatable bonds is 2. The molecule has 1 amide bonds. The van der Waals surface area contributed by atoms with Crippen molar-refractivity contribution < 1.29 is 4.79 Å². The molecule has 0 aliphatic carbocycles. The Bertz CT molecular complexity index is 835. The van der Waals surface area contributed by atoms with Gasteiger partial charge in [0.1, 0.15) is 11.5 Å². The van der Waals surface area contributed by atoms with Gasteiger partial charge in [-0.25, -0.2) is 15.0 Å². The molecule has 0 aromatic carbocycles. The van der Waals surface area contributed by atoms with Gasteiger partial charge in [0, 0.05) is 43.8 Å². The number of likely N-dealkylation sites (tertiary alicyclic amines) is 1. The molecule has 118 valence electrons. The Morgan fingerprint density at radius 1 is 1.26 bits per heavy atom. The zero-order valence-corrected chi connectivity index (χ0v) is 13.1. The summed E-state index contributed by atoms with van der Waals surface area (Å²) in [5.41, 5.74) is 0.399. The Kier molecular flexibility index (Phi) is 3.49. The van der Waals surface area contributed by atoms with Gasteiger partial charge >= 0.3 is 0 Å². The average molecular weight is 331 g/mol. The van der Waals surface area contributed by atoms with E-state index in [1.807, 2.05) is 11.1 Å². The number of hydrogen-bond donors (Lipinski definition) is 1. The van der Waals surface area contributed by atoms with Crippen molar-refractivity contribution in [3.05, 3.63) is 47.5 Å². The predicted octanol–water partition coefficient (Wildman–Crippen LogP) is 2.13. The van der Waals surface area contributed by atoms with E-state index >= 15 is 0 Å². The molecule has 23 heavy (non-hydrogen) atoms. The van der Waals surface area contributed by atoms with Crippen molar-refractivity contribution in [1.82, 2.24) is 29.2 Å². The fraction of sp³-hybridized carbons (Fsp3) is 0.333. The molecule has 0 unspecified atom stereocenters. The maximum Gasteiger partial charge on any atom is 0.274 e. The van der Waals surface area contributed by atoms with Crippen LogP contribution in [0.1, 0.15) is 35.1 Å². The molecule has 0 bridgehead atoms. The molecule has 4 heterocycles. The number of nitrogens with zero attached hydrogens (tertiary/aromatic N) is 5. The van der Waals surface area contributed by atoms with Crippen LogP contribution in [0.3, 0.4) is 0 Å². The summed E-state index contributed by atoms with van der Waals surface area (Å²) in [6.45, 7) is 1.40. The Morgan fingerprint density at radius 2 is 2.09 bits per heavy atom. The molecule has 0 spiro atoms. The van der Waals surface area contributed by atoms with E-state index in [0.29, 0.717) is 35.5 Å². The summed E-state index contributed by atoms with van der Waals surface area (Å²) >= 11 is 5.91. The molecule has 1 saturated heterocycles. The third-order valence-corrected chi connectivity index (χ3v) is 4.38. The number of nitrogens with one attached hydrogen (secondary N) is 1. The highest BCUT2D eigenvalue weighted by atomic mass is 35.5. The fourth-order valence-electron chi connectivity index (χ4n) is 2.98. The van der Waals surface area contributed by atoms with Crippen LogP contribution in [0.25, 0.3) is 5.78 Å². The molecule has 3 aromatic rings. The zero-order valence-electron chi connectivity index (χ0n) is 12.3. The summed E-state index contributed by atoms with van der Waals surface area (Å²) in [5, 5.41) is 0.508. The SMILES string of the molecule is O=C(c1cn2cc(Cl)cnc2n1)N1CCC(c2ncc[nH]2)CC1. The number of imidazole rings is 2. The summed E-state index contributed by atoms with van der Waals surface area (Å²) in [6, 6.07) is 0. The molecule has 1 fully saturated rings. The Labute approximate surface area is 137 Å². The number of aromatic amines is 1. The van der Waals surface area contributed by atoms with Crippen LogP contribution in [0.15, 0.2) is 31.0 Å². The second kappa shape index (κ2) is 5.66. The van der Waals surface area contributed by atoms with Gasteiger partial charge in [-0.3, -0.25) is 9.20 Å². The van der Waals surface area contributed by atoms with E-state index in [2.05, 4.69) is 19.9 Å². The second-order valence-corrected chi connectivity index (χ2v) is 6.08. The number of carbonyl (C=O) groups is 1. The first-order valence-corrected chi connectivity index (χ1v) is 7.87. The van der Waals surface area contributed by atoms with Crippen LogP contribution >= 0.6 is 11.6 Å². The molecule has 1 aliphatic rings. The first kappa shape index (κ1) is 14.2. The maximum atomic E-state index is 12.6. The van der Waals surface area contributed by atoms with Crippen LogP contribution in [0.4, 0.5) is 0 Å². The van der Waals surface area contributed by atoms with Crippen molar-refractivity contribution in [2.24, 2.45) is 0 Å². The van der Waals surface area contributed by atoms with Crippen molar-refractivity contribution in [1.29, 1.82) is 0 Å². The van der Waals surface area contributed by atoms with E-state index in [9.17, 15) is 4.79 Å². The highest BCUT2D eigenvalue weighted by Gasteiger charge is 2.27. The molecule has 3 aromatic heterocycles. The van der Waals surface area contributed by atoms with E-state index in [1.165, 1.54) is 6.20 Å². The highest BCUT2D eigenvalue weighted by Crippen LogP contribution is 2.26. The van der Waals surface area contributed by atoms with Gasteiger partial charge in [0.2, 0.25) is 5.78 Å². The lowest BCUT2D eigenvalue weighted by atomic mass is 9.96. The summed E-state index contributed by atoms with van der Waals surface area (Å²) in [5.74, 6) is 1.80. The van der Waals surface area contributed by atoms with Gasteiger partial charge in [-0.15, -0.1) is 0 Å². The minimum atomic E-state index is -0.0653. The summed E-state index contributed by atoms with van der Waals surface area (Å²) in [6.07, 6.45) is 10.3. The number of piperidine rings is 1. The quantitative estimate of drug-likeness (QED) is 0.780. The molecular formula is C15H15ClN6O. The summed E-state index contributed by atoms with van der Waals surface area (Å²) in [4.78, 5) is 30.3. The lowest BCUT2D eigenvalue weighted by Crippen LogP contribution is -2.38. The van der Waals surface area contributed by atoms with E-state index in [0.717, 1.165) is 18.7 Å². The molecule has 0 saturated carbocycles. The minimum absolute atomic E-state index is 0.0653. The molecule has 0 radical (unpaired) electrons. The number of aromatic nitrogens is 5. The lowest BCUT2D eigenvalue weighted by Gasteiger charge is -2.30. The van der Waals surface area contributed by atoms with Crippen molar-refractivity contribution in [2.75, 3.05) is 13.1 Å². The number of fused-ring (bicyclic) bond motifs is 1. The third kappa shape index (κ3) is 2.68. The van der Waals surface area contributed by atoms with Crippen molar-refractivity contribution >= 4 is 23.3 Å². The highest BCUT2D eigenvalue weighted by molar-refractivity contribution is 6.30. The van der Waals surface area contributed by atoms with E-state index in [-0.39, 0.29) is 5.91 Å². The Hall–Kier alpha value is -2.41. The molecular weight excluding hydrogens is 316 g/mol. The average Bonchev–Trinajstić information content (AvgIpc) is 3.23. The van der Waals surface area contributed by atoms with Crippen molar-refractivity contribution in [3.8, 4) is 0 Å². The number of hydrogen-bond acceptors (Lipinski definition) is 4. The molecule has 1 N–H and O–H groups in total. The van der Waals surface area contributed by atoms with Crippen LogP contribution in [0.2, 0.25) is 5.02 Å². The minimum Gasteiger partial charge on any atom is -0.348 e. The largest absolute Gasteiger partial charge is 0.348 e. The van der Waals surface area contributed by atoms with E-state index in [4.69, 9.17) is 11.6 Å². The van der Waals surface area contributed by atoms with Gasteiger partial charge in [-0.2, -0.15) is 0 Å². The van der Waals surface area contributed by atoms with Crippen molar-refractivity contribution in [2.45, 2.75) is 18.8 Å². The third-order valence-electron chi connectivity index (χ3n) is 4.19. The molecule has 0 atom stereocenters. The second-order valence-electron chi connectivity index (χ2n) is 5.65. The fourth-order valence-corrected chi connectivity index (χ4v) is 3.14. The molecule has 8 heteroatoms. The van der Waals surface area contributed by atoms with E-state index < -0.39 is 0 Å². The van der Waals surface area contributed by atoms with Gasteiger partial charge in [-0.05, 0) is 12.8 Å². The monoisotopic (exact) mass is 330 g/mol. The van der Waals surface area contributed by atoms with Crippen LogP contribution in [0, 0.1) is 0 Å². The number of H-pyrrole nitrogens is 1. The molecule has 1 aliphatic heterocycles. The standard InChI is InChI=1S/C15H15ClN6O/c16-11-7-19-15-20-12(9-22(15)8-11)14(23)21-5-1-10(2-6-21)13-17-3-4-18-13/h3-4,7-10H,1-2,5-6H2,(H,17,18). The number of halogens is 1. The first-order valence-electron chi connectivity index (χ1n) is 7.49. The van der Waals surface area contributed by atoms with Gasteiger partial charge in [0.25, 0.3) is 5.91 Å². The lowest BCUT2D eigenvalue weighted by molar-refractivity contribution is 0.0706. The van der Waals surface area contributed by atoms with Crippen LogP contribution in [-0.2, 0) is 0 Å². The number of amides is 1.